The lowest BCUT2D eigenvalue weighted by Crippen LogP contribution is -2.34. The summed E-state index contributed by atoms with van der Waals surface area (Å²) in [7, 11) is 0. The fraction of sp³-hybridized carbons (Fsp3) is 0.562. The number of nitrogens with zero attached hydrogens (tertiary/aromatic N) is 1. The van der Waals surface area contributed by atoms with Crippen molar-refractivity contribution in [1.29, 1.82) is 0 Å². The summed E-state index contributed by atoms with van der Waals surface area (Å²) in [5, 5.41) is 12.9. The van der Waals surface area contributed by atoms with Crippen LogP contribution < -0.4 is 5.32 Å². The normalized spacial score (nSPS) is 16.0. The summed E-state index contributed by atoms with van der Waals surface area (Å²) in [6.07, 6.45) is 2.33. The second kappa shape index (κ2) is 6.75. The number of carbonyl (C=O) groups is 1. The molecule has 4 heteroatoms. The minimum absolute atomic E-state index is 0.237. The second-order valence-electron chi connectivity index (χ2n) is 5.54. The maximum atomic E-state index is 12.3. The fourth-order valence-corrected chi connectivity index (χ4v) is 2.85. The molecule has 0 aliphatic carbocycles. The number of nitrogens with one attached hydrogen (secondary N) is 1. The number of carbonyl (C=O) groups excluding carboxylic acids is 1. The van der Waals surface area contributed by atoms with Crippen molar-refractivity contribution in [2.75, 3.05) is 26.2 Å². The van der Waals surface area contributed by atoms with Gasteiger partial charge in [-0.05, 0) is 62.1 Å². The summed E-state index contributed by atoms with van der Waals surface area (Å²) in [6, 6.07) is 3.53. The van der Waals surface area contributed by atoms with Gasteiger partial charge >= 0.3 is 0 Å². The molecule has 2 N–H and O–H groups in total. The number of phenolic OH excluding ortho intramolecular Hbond substituents is 1. The van der Waals surface area contributed by atoms with E-state index in [-0.39, 0.29) is 5.91 Å². The van der Waals surface area contributed by atoms with Gasteiger partial charge in [0.05, 0.1) is 0 Å². The lowest BCUT2D eigenvalue weighted by atomic mass is 9.98. The summed E-state index contributed by atoms with van der Waals surface area (Å²) >= 11 is 0. The van der Waals surface area contributed by atoms with Crippen molar-refractivity contribution >= 4 is 5.91 Å². The zero-order valence-electron chi connectivity index (χ0n) is 12.4. The van der Waals surface area contributed by atoms with Crippen molar-refractivity contribution in [3.63, 3.8) is 0 Å². The predicted molar refractivity (Wildman–Crippen MR) is 80.0 cm³/mol. The first-order valence-electron chi connectivity index (χ1n) is 7.35. The molecule has 0 unspecified atom stereocenters. The average Bonchev–Trinajstić information content (AvgIpc) is 2.66. The van der Waals surface area contributed by atoms with Crippen LogP contribution in [0, 0.1) is 13.8 Å². The highest BCUT2D eigenvalue weighted by molar-refractivity contribution is 5.76. The molecule has 0 bridgehead atoms. The van der Waals surface area contributed by atoms with Crippen LogP contribution in [0.25, 0.3) is 0 Å². The third kappa shape index (κ3) is 3.73. The molecule has 1 amide bonds. The molecule has 1 aromatic carbocycles. The Morgan fingerprint density at radius 2 is 1.95 bits per heavy atom. The van der Waals surface area contributed by atoms with E-state index in [0.717, 1.165) is 50.1 Å². The van der Waals surface area contributed by atoms with Crippen LogP contribution in [0.4, 0.5) is 0 Å². The smallest absolute Gasteiger partial charge is 0.222 e. The van der Waals surface area contributed by atoms with E-state index in [9.17, 15) is 9.90 Å². The van der Waals surface area contributed by atoms with Crippen LogP contribution in [0.3, 0.4) is 0 Å². The Kier molecular flexibility index (Phi) is 5.01. The average molecular weight is 276 g/mol. The topological polar surface area (TPSA) is 52.6 Å². The number of benzene rings is 1. The van der Waals surface area contributed by atoms with Gasteiger partial charge in [0.1, 0.15) is 5.75 Å². The van der Waals surface area contributed by atoms with Gasteiger partial charge in [-0.15, -0.1) is 0 Å². The van der Waals surface area contributed by atoms with Crippen LogP contribution >= 0.6 is 0 Å². The van der Waals surface area contributed by atoms with Crippen LogP contribution in [0.2, 0.25) is 0 Å². The Balaban J connectivity index is 1.96. The van der Waals surface area contributed by atoms with E-state index in [4.69, 9.17) is 0 Å². The summed E-state index contributed by atoms with van der Waals surface area (Å²) in [4.78, 5) is 14.2. The molecule has 0 radical (unpaired) electrons. The fourth-order valence-electron chi connectivity index (χ4n) is 2.85. The highest BCUT2D eigenvalue weighted by atomic mass is 16.3. The second-order valence-corrected chi connectivity index (χ2v) is 5.54. The molecule has 1 fully saturated rings. The number of hydrogen-bond acceptors (Lipinski definition) is 3. The Hall–Kier alpha value is -1.55. The van der Waals surface area contributed by atoms with E-state index in [1.54, 1.807) is 12.1 Å². The van der Waals surface area contributed by atoms with Crippen molar-refractivity contribution in [2.45, 2.75) is 33.1 Å². The van der Waals surface area contributed by atoms with E-state index < -0.39 is 0 Å². The Labute approximate surface area is 120 Å². The van der Waals surface area contributed by atoms with Gasteiger partial charge in [-0.1, -0.05) is 0 Å². The molecule has 1 saturated heterocycles. The van der Waals surface area contributed by atoms with Crippen molar-refractivity contribution < 1.29 is 9.90 Å². The zero-order chi connectivity index (χ0) is 14.5. The molecule has 2 rings (SSSR count). The molecule has 1 aromatic rings. The van der Waals surface area contributed by atoms with Crippen molar-refractivity contribution in [3.8, 4) is 5.75 Å². The third-order valence-electron chi connectivity index (χ3n) is 3.96. The van der Waals surface area contributed by atoms with Crippen molar-refractivity contribution in [1.82, 2.24) is 10.2 Å². The van der Waals surface area contributed by atoms with Crippen molar-refractivity contribution in [2.24, 2.45) is 0 Å². The van der Waals surface area contributed by atoms with E-state index in [1.165, 1.54) is 5.56 Å². The van der Waals surface area contributed by atoms with Crippen LogP contribution in [0.5, 0.6) is 5.75 Å². The Bertz CT molecular complexity index is 454. The number of rotatable bonds is 3. The van der Waals surface area contributed by atoms with Gasteiger partial charge in [-0.25, -0.2) is 0 Å². The first kappa shape index (κ1) is 14.9. The lowest BCUT2D eigenvalue weighted by molar-refractivity contribution is -0.130. The minimum atomic E-state index is 0.237. The Morgan fingerprint density at radius 1 is 1.25 bits per heavy atom. The van der Waals surface area contributed by atoms with Gasteiger partial charge in [0, 0.05) is 26.1 Å². The van der Waals surface area contributed by atoms with E-state index in [0.29, 0.717) is 12.2 Å². The zero-order valence-corrected chi connectivity index (χ0v) is 12.4. The predicted octanol–water partition coefficient (Wildman–Crippen LogP) is 1.76. The highest BCUT2D eigenvalue weighted by Crippen LogP contribution is 2.22. The molecular formula is C16H24N2O2. The van der Waals surface area contributed by atoms with Crippen LogP contribution in [-0.2, 0) is 11.2 Å². The van der Waals surface area contributed by atoms with Crippen LogP contribution in [0.1, 0.15) is 29.5 Å². The molecule has 110 valence electrons. The summed E-state index contributed by atoms with van der Waals surface area (Å²) in [6.45, 7) is 7.54. The molecule has 0 spiro atoms. The minimum Gasteiger partial charge on any atom is -0.508 e. The monoisotopic (exact) mass is 276 g/mol. The molecule has 4 nitrogen and oxygen atoms in total. The first-order valence-corrected chi connectivity index (χ1v) is 7.35. The summed E-state index contributed by atoms with van der Waals surface area (Å²) in [5.74, 6) is 0.536. The molecule has 1 heterocycles. The summed E-state index contributed by atoms with van der Waals surface area (Å²) in [5.41, 5.74) is 3.31. The SMILES string of the molecule is Cc1cc(O)cc(C)c1CCC(=O)N1CCCNCC1. The van der Waals surface area contributed by atoms with Gasteiger partial charge in [0.15, 0.2) is 0 Å². The van der Waals surface area contributed by atoms with Gasteiger partial charge < -0.3 is 15.3 Å². The highest BCUT2D eigenvalue weighted by Gasteiger charge is 2.16. The number of phenols is 1. The van der Waals surface area contributed by atoms with Gasteiger partial charge in [-0.3, -0.25) is 4.79 Å². The molecule has 1 aliphatic heterocycles. The Morgan fingerprint density at radius 3 is 2.65 bits per heavy atom. The largest absolute Gasteiger partial charge is 0.508 e. The van der Waals surface area contributed by atoms with E-state index in [1.807, 2.05) is 18.7 Å². The van der Waals surface area contributed by atoms with Crippen LogP contribution in [0.15, 0.2) is 12.1 Å². The maximum Gasteiger partial charge on any atom is 0.222 e. The van der Waals surface area contributed by atoms with E-state index in [2.05, 4.69) is 5.32 Å². The molecule has 0 saturated carbocycles. The number of aromatic hydroxyl groups is 1. The molecule has 1 aliphatic rings. The lowest BCUT2D eigenvalue weighted by Gasteiger charge is -2.20. The third-order valence-corrected chi connectivity index (χ3v) is 3.96. The van der Waals surface area contributed by atoms with Gasteiger partial charge in [0.2, 0.25) is 5.91 Å². The maximum absolute atomic E-state index is 12.3. The van der Waals surface area contributed by atoms with Crippen LogP contribution in [-0.4, -0.2) is 42.1 Å². The summed E-state index contributed by atoms with van der Waals surface area (Å²) < 4.78 is 0. The number of aryl methyl sites for hydroxylation is 2. The van der Waals surface area contributed by atoms with E-state index >= 15 is 0 Å². The standard InChI is InChI=1S/C16H24N2O2/c1-12-10-14(19)11-13(2)15(12)4-5-16(20)18-8-3-6-17-7-9-18/h10-11,17,19H,3-9H2,1-2H3. The van der Waals surface area contributed by atoms with Gasteiger partial charge in [-0.2, -0.15) is 0 Å². The molecule has 0 aromatic heterocycles. The molecule has 0 atom stereocenters. The number of hydrogen-bond donors (Lipinski definition) is 2. The molecular weight excluding hydrogens is 252 g/mol. The van der Waals surface area contributed by atoms with Crippen molar-refractivity contribution in [3.05, 3.63) is 28.8 Å². The quantitative estimate of drug-likeness (QED) is 0.884. The number of amides is 1. The van der Waals surface area contributed by atoms with Gasteiger partial charge in [0.25, 0.3) is 0 Å². The molecule has 20 heavy (non-hydrogen) atoms. The first-order chi connectivity index (χ1) is 9.58.